The largest absolute Gasteiger partial charge is 0.573 e. The van der Waals surface area contributed by atoms with Crippen molar-refractivity contribution in [2.45, 2.75) is 25.0 Å². The Balaban J connectivity index is 2.79. The number of nitrogens with one attached hydrogen (secondary N) is 1. The molecule has 0 aliphatic rings. The average Bonchev–Trinajstić information content (AvgIpc) is 2.28. The Hall–Kier alpha value is -1.97. The molecule has 0 aliphatic carbocycles. The Bertz CT molecular complexity index is 507. The van der Waals surface area contributed by atoms with E-state index in [1.807, 2.05) is 5.32 Å². The minimum Gasteiger partial charge on any atom is -0.406 e. The number of rotatable bonds is 3. The lowest BCUT2D eigenvalue weighted by molar-refractivity contribution is -0.274. The summed E-state index contributed by atoms with van der Waals surface area (Å²) in [5.41, 5.74) is 1.60. The van der Waals surface area contributed by atoms with Crippen molar-refractivity contribution < 1.29 is 35.9 Å². The van der Waals surface area contributed by atoms with Crippen LogP contribution in [0.15, 0.2) is 24.3 Å². The van der Waals surface area contributed by atoms with Crippen LogP contribution >= 0.6 is 0 Å². The predicted molar refractivity (Wildman–Crippen MR) is 60.4 cm³/mol. The van der Waals surface area contributed by atoms with Gasteiger partial charge in [-0.25, -0.2) is 0 Å². The van der Waals surface area contributed by atoms with E-state index >= 15 is 0 Å². The quantitative estimate of drug-likeness (QED) is 0.843. The Kier molecular flexibility index (Phi) is 4.42. The summed E-state index contributed by atoms with van der Waals surface area (Å²) >= 11 is 0. The molecule has 1 unspecified atom stereocenters. The number of alkyl halides is 6. The molecule has 0 radical (unpaired) electrons. The molecular formula is C11H10F6N2O2. The molecule has 0 bridgehead atoms. The maximum Gasteiger partial charge on any atom is 0.573 e. The number of ether oxygens (including phenoxy) is 1. The van der Waals surface area contributed by atoms with Gasteiger partial charge in [0.2, 0.25) is 0 Å². The molecule has 0 fully saturated rings. The van der Waals surface area contributed by atoms with Crippen LogP contribution in [0.5, 0.6) is 5.75 Å². The van der Waals surface area contributed by atoms with E-state index < -0.39 is 29.7 Å². The number of carbonyl (C=O) groups excluding carboxylic acids is 1. The highest BCUT2D eigenvalue weighted by Gasteiger charge is 2.53. The molecule has 1 aromatic carbocycles. The number of benzene rings is 1. The minimum atomic E-state index is -4.98. The van der Waals surface area contributed by atoms with Crippen LogP contribution in [0.25, 0.3) is 0 Å². The Morgan fingerprint density at radius 2 is 1.57 bits per heavy atom. The monoisotopic (exact) mass is 316 g/mol. The lowest BCUT2D eigenvalue weighted by atomic mass is 10.0. The highest BCUT2D eigenvalue weighted by atomic mass is 19.4. The van der Waals surface area contributed by atoms with E-state index in [0.29, 0.717) is 6.92 Å². The molecule has 1 amide bonds. The van der Waals surface area contributed by atoms with E-state index in [4.69, 9.17) is 5.73 Å². The van der Waals surface area contributed by atoms with Gasteiger partial charge in [-0.05, 0) is 31.2 Å². The molecule has 21 heavy (non-hydrogen) atoms. The molecule has 0 heterocycles. The first-order valence-electron chi connectivity index (χ1n) is 5.36. The van der Waals surface area contributed by atoms with Crippen molar-refractivity contribution in [1.29, 1.82) is 0 Å². The van der Waals surface area contributed by atoms with Crippen LogP contribution in [0.2, 0.25) is 0 Å². The second-order valence-corrected chi connectivity index (χ2v) is 4.23. The third-order valence-electron chi connectivity index (χ3n) is 2.41. The van der Waals surface area contributed by atoms with Crippen LogP contribution in [0, 0.1) is 0 Å². The molecule has 0 saturated heterocycles. The third-order valence-corrected chi connectivity index (χ3v) is 2.41. The SMILES string of the molecule is CC(N)(C(=O)Nc1ccc(OC(F)(F)F)cc1)C(F)(F)F. The van der Waals surface area contributed by atoms with E-state index in [-0.39, 0.29) is 5.69 Å². The highest BCUT2D eigenvalue weighted by Crippen LogP contribution is 2.29. The summed E-state index contributed by atoms with van der Waals surface area (Å²) in [5.74, 6) is -2.12. The maximum absolute atomic E-state index is 12.5. The minimum absolute atomic E-state index is 0.157. The fourth-order valence-electron chi connectivity index (χ4n) is 1.13. The molecule has 10 heteroatoms. The Morgan fingerprint density at radius 1 is 1.10 bits per heavy atom. The number of carbonyl (C=O) groups is 1. The summed E-state index contributed by atoms with van der Waals surface area (Å²) in [6.07, 6.45) is -9.87. The molecule has 4 nitrogen and oxygen atoms in total. The Morgan fingerprint density at radius 3 is 1.95 bits per heavy atom. The van der Waals surface area contributed by atoms with Gasteiger partial charge in [0.15, 0.2) is 5.54 Å². The van der Waals surface area contributed by atoms with Gasteiger partial charge >= 0.3 is 12.5 Å². The normalized spacial score (nSPS) is 15.2. The van der Waals surface area contributed by atoms with Crippen LogP contribution in [0.3, 0.4) is 0 Å². The van der Waals surface area contributed by atoms with Crippen molar-refractivity contribution >= 4 is 11.6 Å². The Labute approximate surface area is 114 Å². The third kappa shape index (κ3) is 4.52. The summed E-state index contributed by atoms with van der Waals surface area (Å²) in [5, 5.41) is 1.86. The molecule has 1 aromatic rings. The van der Waals surface area contributed by atoms with Crippen molar-refractivity contribution in [2.24, 2.45) is 5.73 Å². The molecule has 1 rings (SSSR count). The lowest BCUT2D eigenvalue weighted by Crippen LogP contribution is -2.59. The van der Waals surface area contributed by atoms with Gasteiger partial charge in [0.25, 0.3) is 5.91 Å². The molecule has 3 N–H and O–H groups in total. The van der Waals surface area contributed by atoms with Crippen LogP contribution in [0.1, 0.15) is 6.92 Å². The van der Waals surface area contributed by atoms with E-state index in [1.54, 1.807) is 0 Å². The zero-order valence-corrected chi connectivity index (χ0v) is 10.5. The summed E-state index contributed by atoms with van der Waals surface area (Å²) in [4.78, 5) is 11.4. The van der Waals surface area contributed by atoms with E-state index in [0.717, 1.165) is 24.3 Å². The fraction of sp³-hybridized carbons (Fsp3) is 0.364. The van der Waals surface area contributed by atoms with Gasteiger partial charge in [-0.1, -0.05) is 0 Å². The fourth-order valence-corrected chi connectivity index (χ4v) is 1.13. The van der Waals surface area contributed by atoms with Crippen molar-refractivity contribution in [2.75, 3.05) is 5.32 Å². The van der Waals surface area contributed by atoms with Crippen LogP contribution < -0.4 is 15.8 Å². The number of anilines is 1. The van der Waals surface area contributed by atoms with Gasteiger partial charge < -0.3 is 15.8 Å². The highest BCUT2D eigenvalue weighted by molar-refractivity contribution is 5.98. The first kappa shape index (κ1) is 17.1. The van der Waals surface area contributed by atoms with Crippen molar-refractivity contribution in [3.05, 3.63) is 24.3 Å². The first-order valence-corrected chi connectivity index (χ1v) is 5.36. The summed E-state index contributed by atoms with van der Waals surface area (Å²) in [6.45, 7) is 0.476. The zero-order chi connectivity index (χ0) is 16.5. The average molecular weight is 316 g/mol. The molecule has 1 atom stereocenters. The van der Waals surface area contributed by atoms with Crippen molar-refractivity contribution in [3.63, 3.8) is 0 Å². The van der Waals surface area contributed by atoms with Gasteiger partial charge in [-0.2, -0.15) is 13.2 Å². The summed E-state index contributed by atoms with van der Waals surface area (Å²) in [6, 6.07) is 3.58. The van der Waals surface area contributed by atoms with Crippen LogP contribution in [-0.4, -0.2) is 24.0 Å². The molecule has 0 aliphatic heterocycles. The van der Waals surface area contributed by atoms with Gasteiger partial charge in [-0.3, -0.25) is 4.79 Å². The standard InChI is InChI=1S/C11H10F6N2O2/c1-9(18,10(12,13)14)8(20)19-6-2-4-7(5-3-6)21-11(15,16)17/h2-5H,18H2,1H3,(H,19,20). The lowest BCUT2D eigenvalue weighted by Gasteiger charge is -2.26. The first-order chi connectivity index (χ1) is 9.33. The van der Waals surface area contributed by atoms with Crippen LogP contribution in [-0.2, 0) is 4.79 Å². The van der Waals surface area contributed by atoms with E-state index in [9.17, 15) is 31.1 Å². The van der Waals surface area contributed by atoms with Gasteiger partial charge in [0.1, 0.15) is 5.75 Å². The second kappa shape index (κ2) is 5.43. The maximum atomic E-state index is 12.5. The molecular weight excluding hydrogens is 306 g/mol. The smallest absolute Gasteiger partial charge is 0.406 e. The topological polar surface area (TPSA) is 64.4 Å². The van der Waals surface area contributed by atoms with E-state index in [2.05, 4.69) is 4.74 Å². The predicted octanol–water partition coefficient (Wildman–Crippen LogP) is 2.80. The zero-order valence-electron chi connectivity index (χ0n) is 10.5. The number of halogens is 6. The molecule has 0 aromatic heterocycles. The van der Waals surface area contributed by atoms with Crippen molar-refractivity contribution in [3.8, 4) is 5.75 Å². The summed E-state index contributed by atoms with van der Waals surface area (Å²) < 4.78 is 76.8. The number of hydrogen-bond acceptors (Lipinski definition) is 3. The number of hydrogen-bond donors (Lipinski definition) is 2. The van der Waals surface area contributed by atoms with E-state index in [1.165, 1.54) is 0 Å². The summed E-state index contributed by atoms with van der Waals surface area (Å²) in [7, 11) is 0. The number of amides is 1. The van der Waals surface area contributed by atoms with Crippen LogP contribution in [0.4, 0.5) is 32.0 Å². The van der Waals surface area contributed by atoms with Gasteiger partial charge in [0, 0.05) is 5.69 Å². The molecule has 118 valence electrons. The molecule has 0 saturated carbocycles. The van der Waals surface area contributed by atoms with Gasteiger partial charge in [-0.15, -0.1) is 13.2 Å². The molecule has 0 spiro atoms. The number of nitrogens with two attached hydrogens (primary N) is 1. The second-order valence-electron chi connectivity index (χ2n) is 4.23. The van der Waals surface area contributed by atoms with Crippen molar-refractivity contribution in [1.82, 2.24) is 0 Å². The van der Waals surface area contributed by atoms with Gasteiger partial charge in [0.05, 0.1) is 0 Å².